The zero-order valence-electron chi connectivity index (χ0n) is 7.60. The van der Waals surface area contributed by atoms with E-state index in [1.165, 1.54) is 10.4 Å². The van der Waals surface area contributed by atoms with Crippen LogP contribution in [0.4, 0.5) is 0 Å². The highest BCUT2D eigenvalue weighted by Gasteiger charge is 2.02. The molecule has 0 amide bonds. The van der Waals surface area contributed by atoms with E-state index in [1.807, 2.05) is 24.3 Å². The summed E-state index contributed by atoms with van der Waals surface area (Å²) in [5.74, 6) is 0. The predicted molar refractivity (Wildman–Crippen MR) is 60.1 cm³/mol. The van der Waals surface area contributed by atoms with Crippen molar-refractivity contribution >= 4 is 11.3 Å². The van der Waals surface area contributed by atoms with E-state index in [0.717, 1.165) is 4.88 Å². The standard InChI is InChI=1S/C12H9NS/c1-13-9-11-7-8-12(14-11)10-5-3-2-4-6-10/h2-8H,9H2. The van der Waals surface area contributed by atoms with Crippen LogP contribution in [0.3, 0.4) is 0 Å². The summed E-state index contributed by atoms with van der Waals surface area (Å²) in [6.45, 7) is 7.28. The molecule has 68 valence electrons. The van der Waals surface area contributed by atoms with Crippen molar-refractivity contribution in [1.82, 2.24) is 0 Å². The normalized spacial score (nSPS) is 9.64. The fourth-order valence-corrected chi connectivity index (χ4v) is 2.24. The maximum atomic E-state index is 6.79. The molecule has 2 rings (SSSR count). The monoisotopic (exact) mass is 199 g/mol. The Bertz CT molecular complexity index is 451. The van der Waals surface area contributed by atoms with Gasteiger partial charge in [-0.15, -0.1) is 11.3 Å². The van der Waals surface area contributed by atoms with Gasteiger partial charge in [0.25, 0.3) is 0 Å². The van der Waals surface area contributed by atoms with Crippen molar-refractivity contribution in [3.8, 4) is 10.4 Å². The van der Waals surface area contributed by atoms with E-state index in [4.69, 9.17) is 6.57 Å². The minimum absolute atomic E-state index is 0.498. The molecule has 2 aromatic rings. The van der Waals surface area contributed by atoms with Crippen molar-refractivity contribution in [2.75, 3.05) is 0 Å². The highest BCUT2D eigenvalue weighted by molar-refractivity contribution is 7.15. The zero-order valence-corrected chi connectivity index (χ0v) is 8.42. The van der Waals surface area contributed by atoms with Gasteiger partial charge < -0.3 is 4.85 Å². The molecule has 0 radical (unpaired) electrons. The van der Waals surface area contributed by atoms with Gasteiger partial charge in [-0.2, -0.15) is 0 Å². The third kappa shape index (κ3) is 1.84. The minimum Gasteiger partial charge on any atom is -0.311 e. The Morgan fingerprint density at radius 1 is 1.07 bits per heavy atom. The van der Waals surface area contributed by atoms with Crippen LogP contribution in [0.15, 0.2) is 42.5 Å². The second-order valence-electron chi connectivity index (χ2n) is 2.95. The third-order valence-corrected chi connectivity index (χ3v) is 3.07. The maximum Gasteiger partial charge on any atom is 0.248 e. The Hall–Kier alpha value is -1.59. The first-order chi connectivity index (χ1) is 6.90. The van der Waals surface area contributed by atoms with Crippen molar-refractivity contribution < 1.29 is 0 Å². The Kier molecular flexibility index (Phi) is 2.62. The Morgan fingerprint density at radius 3 is 2.57 bits per heavy atom. The fraction of sp³-hybridized carbons (Fsp3) is 0.0833. The van der Waals surface area contributed by atoms with Gasteiger partial charge in [0, 0.05) is 4.88 Å². The molecule has 14 heavy (non-hydrogen) atoms. The molecular weight excluding hydrogens is 190 g/mol. The van der Waals surface area contributed by atoms with E-state index in [9.17, 15) is 0 Å². The van der Waals surface area contributed by atoms with Gasteiger partial charge >= 0.3 is 0 Å². The van der Waals surface area contributed by atoms with Crippen molar-refractivity contribution in [2.45, 2.75) is 6.54 Å². The van der Waals surface area contributed by atoms with Crippen LogP contribution in [-0.2, 0) is 6.54 Å². The quantitative estimate of drug-likeness (QED) is 0.647. The second kappa shape index (κ2) is 4.08. The first kappa shape index (κ1) is 8.98. The lowest BCUT2D eigenvalue weighted by Gasteiger charge is -1.93. The summed E-state index contributed by atoms with van der Waals surface area (Å²) in [5.41, 5.74) is 1.23. The molecule has 1 heterocycles. The van der Waals surface area contributed by atoms with Gasteiger partial charge in [0.2, 0.25) is 6.54 Å². The summed E-state index contributed by atoms with van der Waals surface area (Å²) in [6.07, 6.45) is 0. The van der Waals surface area contributed by atoms with Crippen LogP contribution in [0, 0.1) is 6.57 Å². The summed E-state index contributed by atoms with van der Waals surface area (Å²) in [6, 6.07) is 14.4. The predicted octanol–water partition coefficient (Wildman–Crippen LogP) is 3.83. The largest absolute Gasteiger partial charge is 0.311 e. The fourth-order valence-electron chi connectivity index (χ4n) is 1.30. The molecule has 0 aliphatic heterocycles. The van der Waals surface area contributed by atoms with Gasteiger partial charge in [-0.3, -0.25) is 0 Å². The van der Waals surface area contributed by atoms with Crippen LogP contribution in [0.2, 0.25) is 0 Å². The molecule has 0 fully saturated rings. The maximum absolute atomic E-state index is 6.79. The lowest BCUT2D eigenvalue weighted by atomic mass is 10.2. The number of thiophene rings is 1. The van der Waals surface area contributed by atoms with Crippen molar-refractivity contribution in [2.24, 2.45) is 0 Å². The van der Waals surface area contributed by atoms with Gasteiger partial charge in [-0.25, -0.2) is 6.57 Å². The molecule has 0 aliphatic carbocycles. The Morgan fingerprint density at radius 2 is 1.86 bits per heavy atom. The number of benzene rings is 1. The Labute approximate surface area is 87.5 Å². The summed E-state index contributed by atoms with van der Waals surface area (Å²) < 4.78 is 0. The van der Waals surface area contributed by atoms with Crippen molar-refractivity contribution in [1.29, 1.82) is 0 Å². The van der Waals surface area contributed by atoms with E-state index in [2.05, 4.69) is 23.0 Å². The van der Waals surface area contributed by atoms with Crippen molar-refractivity contribution in [3.05, 3.63) is 58.8 Å². The molecule has 0 spiro atoms. The lowest BCUT2D eigenvalue weighted by molar-refractivity contribution is 1.34. The number of hydrogen-bond acceptors (Lipinski definition) is 1. The number of rotatable bonds is 2. The lowest BCUT2D eigenvalue weighted by Crippen LogP contribution is -1.68. The topological polar surface area (TPSA) is 4.36 Å². The van der Waals surface area contributed by atoms with Gasteiger partial charge in [-0.1, -0.05) is 30.3 Å². The van der Waals surface area contributed by atoms with E-state index in [0.29, 0.717) is 6.54 Å². The molecule has 1 aromatic heterocycles. The van der Waals surface area contributed by atoms with Crippen LogP contribution in [-0.4, -0.2) is 0 Å². The molecule has 0 saturated carbocycles. The molecule has 0 N–H and O–H groups in total. The van der Waals surface area contributed by atoms with E-state index < -0.39 is 0 Å². The molecular formula is C12H9NS. The van der Waals surface area contributed by atoms with Crippen molar-refractivity contribution in [3.63, 3.8) is 0 Å². The zero-order chi connectivity index (χ0) is 9.80. The van der Waals surface area contributed by atoms with E-state index >= 15 is 0 Å². The Balaban J connectivity index is 2.31. The van der Waals surface area contributed by atoms with Gasteiger partial charge in [0.15, 0.2) is 0 Å². The molecule has 0 atom stereocenters. The number of hydrogen-bond donors (Lipinski definition) is 0. The SMILES string of the molecule is [C-]#[N+]Cc1ccc(-c2ccccc2)s1. The average Bonchev–Trinajstić information content (AvgIpc) is 2.68. The summed E-state index contributed by atoms with van der Waals surface area (Å²) >= 11 is 1.70. The smallest absolute Gasteiger partial charge is 0.248 e. The molecule has 0 saturated heterocycles. The van der Waals surface area contributed by atoms with Crippen LogP contribution in [0.5, 0.6) is 0 Å². The second-order valence-corrected chi connectivity index (χ2v) is 4.12. The highest BCUT2D eigenvalue weighted by Crippen LogP contribution is 2.28. The van der Waals surface area contributed by atoms with E-state index in [1.54, 1.807) is 11.3 Å². The average molecular weight is 199 g/mol. The summed E-state index contributed by atoms with van der Waals surface area (Å²) in [5, 5.41) is 0. The van der Waals surface area contributed by atoms with Crippen LogP contribution in [0.1, 0.15) is 4.88 Å². The van der Waals surface area contributed by atoms with Crippen LogP contribution < -0.4 is 0 Å². The summed E-state index contributed by atoms with van der Waals surface area (Å²) in [4.78, 5) is 5.75. The molecule has 0 bridgehead atoms. The van der Waals surface area contributed by atoms with Gasteiger partial charge in [0.05, 0.1) is 4.88 Å². The van der Waals surface area contributed by atoms with E-state index in [-0.39, 0.29) is 0 Å². The highest BCUT2D eigenvalue weighted by atomic mass is 32.1. The minimum atomic E-state index is 0.498. The van der Waals surface area contributed by atoms with Gasteiger partial charge in [0.1, 0.15) is 0 Å². The first-order valence-corrected chi connectivity index (χ1v) is 5.19. The van der Waals surface area contributed by atoms with Crippen LogP contribution in [0.25, 0.3) is 15.3 Å². The molecule has 1 nitrogen and oxygen atoms in total. The molecule has 0 unspecified atom stereocenters. The molecule has 0 aliphatic rings. The molecule has 1 aromatic carbocycles. The third-order valence-electron chi connectivity index (χ3n) is 1.95. The first-order valence-electron chi connectivity index (χ1n) is 4.37. The summed E-state index contributed by atoms with van der Waals surface area (Å²) in [7, 11) is 0. The van der Waals surface area contributed by atoms with Gasteiger partial charge in [-0.05, 0) is 17.7 Å². The molecule has 2 heteroatoms. The number of nitrogens with zero attached hydrogens (tertiary/aromatic N) is 1. The van der Waals surface area contributed by atoms with Crippen LogP contribution >= 0.6 is 11.3 Å².